The van der Waals surface area contributed by atoms with Gasteiger partial charge in [-0.1, -0.05) is 23.7 Å². The standard InChI is InChI=1S/C19H22ClNO5/c1-13(26-18(22)21-15-11-9-14(20)10-12-15)19(24-3,25-4)16-7-5-6-8-17(16)23-2/h5-13H,1-4H3,(H,21,22). The van der Waals surface area contributed by atoms with E-state index in [1.54, 1.807) is 50.4 Å². The average molecular weight is 380 g/mol. The highest BCUT2D eigenvalue weighted by Gasteiger charge is 2.43. The van der Waals surface area contributed by atoms with E-state index in [1.807, 2.05) is 12.1 Å². The fraction of sp³-hybridized carbons (Fsp3) is 0.316. The number of amides is 1. The van der Waals surface area contributed by atoms with Crippen molar-refractivity contribution >= 4 is 23.4 Å². The average Bonchev–Trinajstić information content (AvgIpc) is 2.65. The Hall–Kier alpha value is -2.28. The molecule has 0 aliphatic heterocycles. The molecule has 0 aliphatic rings. The Balaban J connectivity index is 2.21. The van der Waals surface area contributed by atoms with Gasteiger partial charge in [0, 0.05) is 24.9 Å². The van der Waals surface area contributed by atoms with E-state index in [2.05, 4.69) is 5.32 Å². The molecule has 1 unspecified atom stereocenters. The Morgan fingerprint density at radius 3 is 2.23 bits per heavy atom. The summed E-state index contributed by atoms with van der Waals surface area (Å²) in [5, 5.41) is 3.21. The SMILES string of the molecule is COc1ccccc1C(OC)(OC)C(C)OC(=O)Nc1ccc(Cl)cc1. The van der Waals surface area contributed by atoms with Crippen LogP contribution in [-0.2, 0) is 20.0 Å². The zero-order valence-corrected chi connectivity index (χ0v) is 15.9. The molecule has 0 heterocycles. The first-order valence-electron chi connectivity index (χ1n) is 7.93. The van der Waals surface area contributed by atoms with Gasteiger partial charge in [0.15, 0.2) is 6.10 Å². The highest BCUT2D eigenvalue weighted by atomic mass is 35.5. The van der Waals surface area contributed by atoms with Crippen molar-refractivity contribution < 1.29 is 23.7 Å². The van der Waals surface area contributed by atoms with Gasteiger partial charge >= 0.3 is 6.09 Å². The van der Waals surface area contributed by atoms with Gasteiger partial charge < -0.3 is 18.9 Å². The number of halogens is 1. The van der Waals surface area contributed by atoms with Crippen LogP contribution in [0.5, 0.6) is 5.75 Å². The smallest absolute Gasteiger partial charge is 0.412 e. The summed E-state index contributed by atoms with van der Waals surface area (Å²) in [5.41, 5.74) is 1.17. The summed E-state index contributed by atoms with van der Waals surface area (Å²) in [6.45, 7) is 1.68. The molecular formula is C19H22ClNO5. The van der Waals surface area contributed by atoms with E-state index in [9.17, 15) is 4.79 Å². The lowest BCUT2D eigenvalue weighted by Gasteiger charge is -2.36. The fourth-order valence-electron chi connectivity index (χ4n) is 2.71. The van der Waals surface area contributed by atoms with Gasteiger partial charge in [0.2, 0.25) is 5.79 Å². The fourth-order valence-corrected chi connectivity index (χ4v) is 2.83. The van der Waals surface area contributed by atoms with Crippen LogP contribution in [0.1, 0.15) is 12.5 Å². The Labute approximate surface area is 158 Å². The molecule has 7 heteroatoms. The second-order valence-electron chi connectivity index (χ2n) is 5.46. The van der Waals surface area contributed by atoms with Crippen LogP contribution in [0.15, 0.2) is 48.5 Å². The van der Waals surface area contributed by atoms with Gasteiger partial charge in [0.05, 0.1) is 12.7 Å². The lowest BCUT2D eigenvalue weighted by Crippen LogP contribution is -2.45. The lowest BCUT2D eigenvalue weighted by molar-refractivity contribution is -0.263. The molecule has 0 bridgehead atoms. The van der Waals surface area contributed by atoms with Crippen molar-refractivity contribution in [1.82, 2.24) is 0 Å². The summed E-state index contributed by atoms with van der Waals surface area (Å²) in [4.78, 5) is 12.3. The number of ether oxygens (including phenoxy) is 4. The molecule has 2 aromatic rings. The van der Waals surface area contributed by atoms with E-state index >= 15 is 0 Å². The maximum atomic E-state index is 12.3. The molecule has 6 nitrogen and oxygen atoms in total. The Bertz CT molecular complexity index is 731. The third kappa shape index (κ3) is 4.27. The van der Waals surface area contributed by atoms with Gasteiger partial charge in [-0.3, -0.25) is 5.32 Å². The molecule has 26 heavy (non-hydrogen) atoms. The second-order valence-corrected chi connectivity index (χ2v) is 5.89. The number of nitrogens with one attached hydrogen (secondary N) is 1. The van der Waals surface area contributed by atoms with Crippen LogP contribution >= 0.6 is 11.6 Å². The van der Waals surface area contributed by atoms with Gasteiger partial charge in [-0.25, -0.2) is 4.79 Å². The molecule has 2 rings (SSSR count). The van der Waals surface area contributed by atoms with Gasteiger partial charge in [0.1, 0.15) is 5.75 Å². The van der Waals surface area contributed by atoms with E-state index in [0.29, 0.717) is 22.0 Å². The Kier molecular flexibility index (Phi) is 6.85. The maximum Gasteiger partial charge on any atom is 0.412 e. The summed E-state index contributed by atoms with van der Waals surface area (Å²) < 4.78 is 22.1. The Morgan fingerprint density at radius 2 is 1.65 bits per heavy atom. The van der Waals surface area contributed by atoms with Crippen molar-refractivity contribution in [2.45, 2.75) is 18.8 Å². The number of carbonyl (C=O) groups excluding carboxylic acids is 1. The lowest BCUT2D eigenvalue weighted by atomic mass is 9.99. The van der Waals surface area contributed by atoms with Gasteiger partial charge in [-0.05, 0) is 43.3 Å². The number of anilines is 1. The molecule has 1 amide bonds. The van der Waals surface area contributed by atoms with Gasteiger partial charge in [-0.2, -0.15) is 0 Å². The quantitative estimate of drug-likeness (QED) is 0.721. The van der Waals surface area contributed by atoms with E-state index in [0.717, 1.165) is 0 Å². The van der Waals surface area contributed by atoms with E-state index in [1.165, 1.54) is 14.2 Å². The molecule has 0 saturated carbocycles. The van der Waals surface area contributed by atoms with Crippen LogP contribution in [-0.4, -0.2) is 33.5 Å². The Morgan fingerprint density at radius 1 is 1.04 bits per heavy atom. The number of hydrogen-bond acceptors (Lipinski definition) is 5. The van der Waals surface area contributed by atoms with Crippen LogP contribution in [0.25, 0.3) is 0 Å². The highest BCUT2D eigenvalue weighted by molar-refractivity contribution is 6.30. The molecule has 0 aromatic heterocycles. The van der Waals surface area contributed by atoms with Crippen molar-refractivity contribution in [2.75, 3.05) is 26.6 Å². The number of rotatable bonds is 7. The molecule has 0 radical (unpaired) electrons. The molecule has 1 atom stereocenters. The molecule has 1 N–H and O–H groups in total. The topological polar surface area (TPSA) is 66.0 Å². The van der Waals surface area contributed by atoms with Crippen LogP contribution < -0.4 is 10.1 Å². The van der Waals surface area contributed by atoms with Crippen LogP contribution in [0.2, 0.25) is 5.02 Å². The summed E-state index contributed by atoms with van der Waals surface area (Å²) in [6, 6.07) is 13.9. The molecule has 0 aliphatic carbocycles. The first-order chi connectivity index (χ1) is 12.5. The monoisotopic (exact) mass is 379 g/mol. The number of hydrogen-bond donors (Lipinski definition) is 1. The summed E-state index contributed by atoms with van der Waals surface area (Å²) in [6.07, 6.45) is -1.42. The first kappa shape index (κ1) is 20.0. The number of para-hydroxylation sites is 1. The van der Waals surface area contributed by atoms with Crippen LogP contribution in [0.4, 0.5) is 10.5 Å². The number of methoxy groups -OCH3 is 3. The molecule has 0 spiro atoms. The minimum Gasteiger partial charge on any atom is -0.496 e. The minimum absolute atomic E-state index is 0.560. The summed E-state index contributed by atoms with van der Waals surface area (Å²) in [5.74, 6) is -0.769. The summed E-state index contributed by atoms with van der Waals surface area (Å²) >= 11 is 5.84. The largest absolute Gasteiger partial charge is 0.496 e. The predicted molar refractivity (Wildman–Crippen MR) is 99.7 cm³/mol. The van der Waals surface area contributed by atoms with E-state index < -0.39 is 18.0 Å². The molecule has 0 saturated heterocycles. The molecular weight excluding hydrogens is 358 g/mol. The van der Waals surface area contributed by atoms with E-state index in [-0.39, 0.29) is 0 Å². The second kappa shape index (κ2) is 8.89. The van der Waals surface area contributed by atoms with Crippen molar-refractivity contribution in [3.8, 4) is 5.75 Å². The van der Waals surface area contributed by atoms with Gasteiger partial charge in [0.25, 0.3) is 0 Å². The van der Waals surface area contributed by atoms with Crippen LogP contribution in [0, 0.1) is 0 Å². The van der Waals surface area contributed by atoms with E-state index in [4.69, 9.17) is 30.5 Å². The molecule has 0 fully saturated rings. The molecule has 140 valence electrons. The zero-order valence-electron chi connectivity index (χ0n) is 15.1. The number of carbonyl (C=O) groups is 1. The zero-order chi connectivity index (χ0) is 19.2. The summed E-state index contributed by atoms with van der Waals surface area (Å²) in [7, 11) is 4.51. The highest BCUT2D eigenvalue weighted by Crippen LogP contribution is 2.37. The predicted octanol–water partition coefficient (Wildman–Crippen LogP) is 4.43. The molecule has 2 aromatic carbocycles. The van der Waals surface area contributed by atoms with Gasteiger partial charge in [-0.15, -0.1) is 0 Å². The van der Waals surface area contributed by atoms with Crippen molar-refractivity contribution in [3.63, 3.8) is 0 Å². The minimum atomic E-state index is -1.33. The maximum absolute atomic E-state index is 12.3. The van der Waals surface area contributed by atoms with Crippen LogP contribution in [0.3, 0.4) is 0 Å². The normalized spacial score (nSPS) is 12.3. The first-order valence-corrected chi connectivity index (χ1v) is 8.31. The van der Waals surface area contributed by atoms with Crippen molar-refractivity contribution in [1.29, 1.82) is 0 Å². The van der Waals surface area contributed by atoms with Crippen molar-refractivity contribution in [2.24, 2.45) is 0 Å². The number of benzene rings is 2. The van der Waals surface area contributed by atoms with Crippen molar-refractivity contribution in [3.05, 3.63) is 59.1 Å². The third-order valence-corrected chi connectivity index (χ3v) is 4.25. The third-order valence-electron chi connectivity index (χ3n) is 4.00.